The lowest BCUT2D eigenvalue weighted by Gasteiger charge is -2.23. The number of hydrogen-bond acceptors (Lipinski definition) is 2. The van der Waals surface area contributed by atoms with Gasteiger partial charge in [-0.1, -0.05) is 20.8 Å². The molecule has 0 aliphatic rings. The molecule has 0 aliphatic carbocycles. The monoisotopic (exact) mass is 241 g/mol. The van der Waals surface area contributed by atoms with E-state index in [2.05, 4.69) is 33.9 Å². The zero-order valence-electron chi connectivity index (χ0n) is 9.81. The molecule has 5 nitrogen and oxygen atoms in total. The standard InChI is InChI=1S/C7H17N.C2H4.H3O4P/c1-4-7(8,5-2)6-3;1-2;1-5(2,3)4/h4-6,8H2,1-3H3;1-2H2;(H3,1,2,3,4). The van der Waals surface area contributed by atoms with Crippen molar-refractivity contribution in [2.45, 2.75) is 45.6 Å². The highest BCUT2D eigenvalue weighted by Crippen LogP contribution is 2.25. The van der Waals surface area contributed by atoms with Gasteiger partial charge in [0.1, 0.15) is 0 Å². The van der Waals surface area contributed by atoms with Gasteiger partial charge in [-0.25, -0.2) is 4.57 Å². The van der Waals surface area contributed by atoms with Gasteiger partial charge in [0.05, 0.1) is 0 Å². The second-order valence-corrected chi connectivity index (χ2v) is 3.96. The lowest BCUT2D eigenvalue weighted by molar-refractivity contribution is 0.275. The molecule has 0 heterocycles. The second kappa shape index (κ2) is 10.3. The molecule has 0 saturated carbocycles. The molecule has 94 valence electrons. The first-order valence-corrected chi connectivity index (χ1v) is 6.32. The molecule has 0 amide bonds. The van der Waals surface area contributed by atoms with Gasteiger partial charge >= 0.3 is 7.82 Å². The summed E-state index contributed by atoms with van der Waals surface area (Å²) in [4.78, 5) is 21.6. The Balaban J connectivity index is -0.000000177. The molecule has 0 fully saturated rings. The minimum Gasteiger partial charge on any atom is -0.325 e. The van der Waals surface area contributed by atoms with Crippen molar-refractivity contribution in [1.82, 2.24) is 0 Å². The smallest absolute Gasteiger partial charge is 0.325 e. The maximum absolute atomic E-state index is 8.88. The molecule has 0 aliphatic heterocycles. The van der Waals surface area contributed by atoms with E-state index in [1.807, 2.05) is 0 Å². The molecule has 0 bridgehead atoms. The fourth-order valence-electron chi connectivity index (χ4n) is 0.750. The largest absolute Gasteiger partial charge is 0.466 e. The van der Waals surface area contributed by atoms with Gasteiger partial charge in [0.2, 0.25) is 0 Å². The summed E-state index contributed by atoms with van der Waals surface area (Å²) >= 11 is 0. The van der Waals surface area contributed by atoms with Crippen LogP contribution < -0.4 is 5.73 Å². The van der Waals surface area contributed by atoms with Crippen LogP contribution in [0.15, 0.2) is 13.2 Å². The third-order valence-electron chi connectivity index (χ3n) is 2.11. The van der Waals surface area contributed by atoms with E-state index in [9.17, 15) is 0 Å². The van der Waals surface area contributed by atoms with Crippen LogP contribution in [-0.2, 0) is 4.57 Å². The van der Waals surface area contributed by atoms with Gasteiger partial charge < -0.3 is 20.4 Å². The van der Waals surface area contributed by atoms with Gasteiger partial charge in [-0.15, -0.1) is 13.2 Å². The summed E-state index contributed by atoms with van der Waals surface area (Å²) in [5.74, 6) is 0. The van der Waals surface area contributed by atoms with Crippen molar-refractivity contribution < 1.29 is 19.2 Å². The van der Waals surface area contributed by atoms with Crippen LogP contribution in [-0.4, -0.2) is 20.2 Å². The highest BCUT2D eigenvalue weighted by molar-refractivity contribution is 7.45. The Hall–Kier alpha value is -0.190. The van der Waals surface area contributed by atoms with Gasteiger partial charge in [-0.2, -0.15) is 0 Å². The lowest BCUT2D eigenvalue weighted by atomic mass is 9.92. The summed E-state index contributed by atoms with van der Waals surface area (Å²) in [5, 5.41) is 0. The van der Waals surface area contributed by atoms with Gasteiger partial charge in [-0.3, -0.25) is 0 Å². The van der Waals surface area contributed by atoms with Crippen LogP contribution in [0.4, 0.5) is 0 Å². The van der Waals surface area contributed by atoms with E-state index in [1.54, 1.807) is 0 Å². The van der Waals surface area contributed by atoms with E-state index in [1.165, 1.54) is 0 Å². The quantitative estimate of drug-likeness (QED) is 0.445. The van der Waals surface area contributed by atoms with Crippen molar-refractivity contribution in [3.05, 3.63) is 13.2 Å². The van der Waals surface area contributed by atoms with E-state index in [0.29, 0.717) is 0 Å². The highest BCUT2D eigenvalue weighted by atomic mass is 31.2. The van der Waals surface area contributed by atoms with Crippen LogP contribution >= 0.6 is 7.82 Å². The molecular weight excluding hydrogens is 217 g/mol. The summed E-state index contributed by atoms with van der Waals surface area (Å²) < 4.78 is 8.88. The minimum absolute atomic E-state index is 0.125. The van der Waals surface area contributed by atoms with E-state index < -0.39 is 7.82 Å². The zero-order chi connectivity index (χ0) is 13.1. The maximum Gasteiger partial charge on any atom is 0.466 e. The van der Waals surface area contributed by atoms with Gasteiger partial charge in [0.25, 0.3) is 0 Å². The third kappa shape index (κ3) is 24.8. The fraction of sp³-hybridized carbons (Fsp3) is 0.778. The lowest BCUT2D eigenvalue weighted by Crippen LogP contribution is -2.37. The molecule has 0 spiro atoms. The molecule has 0 saturated heterocycles. The molecule has 6 heteroatoms. The molecule has 0 atom stereocenters. The number of hydrogen-bond donors (Lipinski definition) is 4. The van der Waals surface area contributed by atoms with E-state index in [4.69, 9.17) is 25.0 Å². The zero-order valence-corrected chi connectivity index (χ0v) is 10.7. The number of nitrogens with two attached hydrogens (primary N) is 1. The van der Waals surface area contributed by atoms with E-state index in [-0.39, 0.29) is 5.54 Å². The predicted molar refractivity (Wildman–Crippen MR) is 63.3 cm³/mol. The average Bonchev–Trinajstić information content (AvgIpc) is 2.17. The second-order valence-electron chi connectivity index (χ2n) is 2.94. The minimum atomic E-state index is -4.64. The van der Waals surface area contributed by atoms with Crippen molar-refractivity contribution in [3.63, 3.8) is 0 Å². The fourth-order valence-corrected chi connectivity index (χ4v) is 0.750. The molecule has 5 N–H and O–H groups in total. The molecule has 0 aromatic heterocycles. The Labute approximate surface area is 92.3 Å². The molecule has 15 heavy (non-hydrogen) atoms. The normalized spacial score (nSPS) is 10.6. The average molecular weight is 241 g/mol. The molecular formula is C9H24NO4P. The Morgan fingerprint density at radius 2 is 1.20 bits per heavy atom. The molecule has 0 aromatic rings. The summed E-state index contributed by atoms with van der Waals surface area (Å²) in [7, 11) is -4.64. The van der Waals surface area contributed by atoms with Crippen LogP contribution in [0.5, 0.6) is 0 Å². The van der Waals surface area contributed by atoms with Crippen molar-refractivity contribution in [2.75, 3.05) is 0 Å². The highest BCUT2D eigenvalue weighted by Gasteiger charge is 2.15. The first-order valence-electron chi connectivity index (χ1n) is 4.75. The number of rotatable bonds is 3. The summed E-state index contributed by atoms with van der Waals surface area (Å²) in [6, 6.07) is 0. The van der Waals surface area contributed by atoms with Crippen LogP contribution in [0.1, 0.15) is 40.0 Å². The Morgan fingerprint density at radius 1 is 1.07 bits per heavy atom. The molecule has 0 rings (SSSR count). The number of phosphoric acid groups is 1. The van der Waals surface area contributed by atoms with Crippen LogP contribution in [0, 0.1) is 0 Å². The van der Waals surface area contributed by atoms with E-state index >= 15 is 0 Å². The molecule has 0 unspecified atom stereocenters. The van der Waals surface area contributed by atoms with Gasteiger partial charge in [-0.05, 0) is 19.3 Å². The van der Waals surface area contributed by atoms with Crippen molar-refractivity contribution in [1.29, 1.82) is 0 Å². The Bertz CT molecular complexity index is 160. The summed E-state index contributed by atoms with van der Waals surface area (Å²) in [5.41, 5.74) is 6.02. The first-order chi connectivity index (χ1) is 6.68. The first kappa shape index (κ1) is 20.3. The maximum atomic E-state index is 8.88. The SMILES string of the molecule is C=C.CCC(N)(CC)CC.O=P(O)(O)O. The Morgan fingerprint density at radius 3 is 1.20 bits per heavy atom. The summed E-state index contributed by atoms with van der Waals surface area (Å²) in [6.45, 7) is 12.4. The van der Waals surface area contributed by atoms with Crippen LogP contribution in [0.2, 0.25) is 0 Å². The summed E-state index contributed by atoms with van der Waals surface area (Å²) in [6.07, 6.45) is 3.29. The third-order valence-corrected chi connectivity index (χ3v) is 2.11. The predicted octanol–water partition coefficient (Wildman–Crippen LogP) is 1.79. The van der Waals surface area contributed by atoms with Gasteiger partial charge in [0, 0.05) is 5.54 Å². The van der Waals surface area contributed by atoms with Crippen molar-refractivity contribution in [3.8, 4) is 0 Å². The molecule has 0 aromatic carbocycles. The van der Waals surface area contributed by atoms with Gasteiger partial charge in [0.15, 0.2) is 0 Å². The van der Waals surface area contributed by atoms with Crippen LogP contribution in [0.3, 0.4) is 0 Å². The Kier molecular flexibility index (Phi) is 13.9. The van der Waals surface area contributed by atoms with Crippen LogP contribution in [0.25, 0.3) is 0 Å². The van der Waals surface area contributed by atoms with Crippen molar-refractivity contribution >= 4 is 7.82 Å². The van der Waals surface area contributed by atoms with E-state index in [0.717, 1.165) is 19.3 Å². The van der Waals surface area contributed by atoms with Crippen molar-refractivity contribution in [2.24, 2.45) is 5.73 Å². The molecule has 0 radical (unpaired) electrons. The topological polar surface area (TPSA) is 104 Å².